The zero-order valence-corrected chi connectivity index (χ0v) is 18.1. The van der Waals surface area contributed by atoms with Crippen LogP contribution in [0.15, 0.2) is 66.0 Å². The van der Waals surface area contributed by atoms with Crippen LogP contribution in [0.4, 0.5) is 11.5 Å². The van der Waals surface area contributed by atoms with Gasteiger partial charge in [0.25, 0.3) is 5.91 Å². The molecule has 0 unspecified atom stereocenters. The number of ketones is 1. The molecule has 2 aromatic carbocycles. The van der Waals surface area contributed by atoms with Crippen LogP contribution >= 0.6 is 11.6 Å². The van der Waals surface area contributed by atoms with E-state index in [4.69, 9.17) is 11.6 Å². The largest absolute Gasteiger partial charge is 0.478 e. The second-order valence-corrected chi connectivity index (χ2v) is 8.37. The predicted octanol–water partition coefficient (Wildman–Crippen LogP) is 4.51. The van der Waals surface area contributed by atoms with Crippen LogP contribution in [0.5, 0.6) is 0 Å². The molecule has 2 aliphatic rings. The predicted molar refractivity (Wildman–Crippen MR) is 123 cm³/mol. The molecule has 0 saturated heterocycles. The van der Waals surface area contributed by atoms with Gasteiger partial charge in [-0.15, -0.1) is 0 Å². The number of carboxylic acid groups (broad SMARTS) is 1. The Morgan fingerprint density at radius 1 is 1.09 bits per heavy atom. The number of carbonyl (C=O) groups is 3. The number of aromatic nitrogens is 2. The fourth-order valence-corrected chi connectivity index (χ4v) is 4.40. The Morgan fingerprint density at radius 3 is 2.52 bits per heavy atom. The van der Waals surface area contributed by atoms with Gasteiger partial charge in [-0.1, -0.05) is 23.7 Å². The molecule has 1 aliphatic heterocycles. The van der Waals surface area contributed by atoms with Gasteiger partial charge < -0.3 is 15.7 Å². The van der Waals surface area contributed by atoms with Crippen molar-refractivity contribution in [2.75, 3.05) is 10.6 Å². The fraction of sp³-hybridized carbons (Fsp3) is 0.167. The van der Waals surface area contributed by atoms with Gasteiger partial charge in [0.2, 0.25) is 0 Å². The number of rotatable bonds is 4. The molecule has 0 saturated carbocycles. The number of aromatic carboxylic acids is 1. The quantitative estimate of drug-likeness (QED) is 0.525. The summed E-state index contributed by atoms with van der Waals surface area (Å²) in [5.74, 6) is -0.870. The number of halogens is 1. The van der Waals surface area contributed by atoms with Crippen molar-refractivity contribution in [3.63, 3.8) is 0 Å². The molecule has 5 rings (SSSR count). The number of fused-ring (bicyclic) bond motifs is 1. The van der Waals surface area contributed by atoms with E-state index < -0.39 is 12.0 Å². The number of benzene rings is 2. The molecule has 3 N–H and O–H groups in total. The molecule has 1 aromatic heterocycles. The average Bonchev–Trinajstić information content (AvgIpc) is 3.23. The number of amides is 1. The Balaban J connectivity index is 1.56. The van der Waals surface area contributed by atoms with Crippen molar-refractivity contribution in [2.45, 2.75) is 25.3 Å². The topological polar surface area (TPSA) is 113 Å². The smallest absolute Gasteiger partial charge is 0.335 e. The summed E-state index contributed by atoms with van der Waals surface area (Å²) in [4.78, 5) is 37.2. The van der Waals surface area contributed by atoms with E-state index in [-0.39, 0.29) is 17.3 Å². The van der Waals surface area contributed by atoms with Crippen LogP contribution in [-0.4, -0.2) is 32.5 Å². The first-order valence-corrected chi connectivity index (χ1v) is 10.8. The highest BCUT2D eigenvalue weighted by Gasteiger charge is 2.37. The SMILES string of the molecule is O=C1CCCC2=C1[C@H](c1ccc(C(=O)O)cc1)n1ncc(C(=O)Nc3ccc(Cl)cc3)c1N2. The standard InChI is InChI=1S/C24H19ClN4O4/c25-15-8-10-16(11-9-15)27-23(31)17-12-26-29-21(13-4-6-14(7-5-13)24(32)33)20-18(28-22(17)29)2-1-3-19(20)30/h4-12,21,28H,1-3H2,(H,27,31)(H,32,33)/t21-/m0/s1. The van der Waals surface area contributed by atoms with Gasteiger partial charge in [0.05, 0.1) is 11.8 Å². The zero-order valence-electron chi connectivity index (χ0n) is 17.3. The summed E-state index contributed by atoms with van der Waals surface area (Å²) in [5, 5.41) is 20.3. The molecule has 3 aromatic rings. The Labute approximate surface area is 193 Å². The molecule has 0 bridgehead atoms. The number of Topliss-reactive ketones (excluding diaryl/α,β-unsaturated/α-hetero) is 1. The lowest BCUT2D eigenvalue weighted by Crippen LogP contribution is -2.32. The van der Waals surface area contributed by atoms with E-state index in [1.807, 2.05) is 0 Å². The number of allylic oxidation sites excluding steroid dienone is 2. The highest BCUT2D eigenvalue weighted by molar-refractivity contribution is 6.30. The summed E-state index contributed by atoms with van der Waals surface area (Å²) in [6.45, 7) is 0. The number of hydrogen-bond acceptors (Lipinski definition) is 5. The minimum absolute atomic E-state index is 0.0179. The summed E-state index contributed by atoms with van der Waals surface area (Å²) in [6.07, 6.45) is 3.30. The molecule has 2 heterocycles. The molecule has 9 heteroatoms. The summed E-state index contributed by atoms with van der Waals surface area (Å²) >= 11 is 5.92. The van der Waals surface area contributed by atoms with Crippen LogP contribution < -0.4 is 10.6 Å². The first-order valence-electron chi connectivity index (χ1n) is 10.4. The maximum Gasteiger partial charge on any atom is 0.335 e. The lowest BCUT2D eigenvalue weighted by Gasteiger charge is -2.33. The fourth-order valence-electron chi connectivity index (χ4n) is 4.27. The van der Waals surface area contributed by atoms with Gasteiger partial charge in [-0.25, -0.2) is 9.48 Å². The minimum atomic E-state index is -1.03. The van der Waals surface area contributed by atoms with E-state index in [2.05, 4.69) is 15.7 Å². The molecular formula is C24H19ClN4O4. The second kappa shape index (κ2) is 8.22. The van der Waals surface area contributed by atoms with Gasteiger partial charge in [-0.05, 0) is 54.8 Å². The van der Waals surface area contributed by atoms with Crippen LogP contribution in [-0.2, 0) is 4.79 Å². The van der Waals surface area contributed by atoms with Gasteiger partial charge in [0.1, 0.15) is 17.4 Å². The lowest BCUT2D eigenvalue weighted by atomic mass is 9.85. The molecule has 1 amide bonds. The van der Waals surface area contributed by atoms with E-state index in [0.29, 0.717) is 40.5 Å². The van der Waals surface area contributed by atoms with Crippen LogP contribution in [0.2, 0.25) is 5.02 Å². The Hall–Kier alpha value is -3.91. The van der Waals surface area contributed by atoms with E-state index in [1.165, 1.54) is 18.3 Å². The summed E-state index contributed by atoms with van der Waals surface area (Å²) in [5.41, 5.74) is 3.17. The van der Waals surface area contributed by atoms with Crippen molar-refractivity contribution in [3.8, 4) is 0 Å². The van der Waals surface area contributed by atoms with Crippen molar-refractivity contribution >= 4 is 40.8 Å². The lowest BCUT2D eigenvalue weighted by molar-refractivity contribution is -0.116. The number of hydrogen-bond donors (Lipinski definition) is 3. The van der Waals surface area contributed by atoms with E-state index in [9.17, 15) is 19.5 Å². The van der Waals surface area contributed by atoms with Crippen LogP contribution in [0.25, 0.3) is 0 Å². The monoisotopic (exact) mass is 462 g/mol. The van der Waals surface area contributed by atoms with E-state index in [0.717, 1.165) is 17.7 Å². The summed E-state index contributed by atoms with van der Waals surface area (Å²) in [6, 6.07) is 12.6. The Bertz CT molecular complexity index is 1310. The van der Waals surface area contributed by atoms with Crippen molar-refractivity contribution in [1.29, 1.82) is 0 Å². The molecule has 33 heavy (non-hydrogen) atoms. The Kier molecular flexibility index (Phi) is 5.22. The van der Waals surface area contributed by atoms with Crippen molar-refractivity contribution in [3.05, 3.63) is 87.7 Å². The third kappa shape index (κ3) is 3.78. The first-order chi connectivity index (χ1) is 15.9. The zero-order chi connectivity index (χ0) is 23.1. The second-order valence-electron chi connectivity index (χ2n) is 7.94. The Morgan fingerprint density at radius 2 is 1.82 bits per heavy atom. The molecule has 0 spiro atoms. The molecule has 0 radical (unpaired) electrons. The summed E-state index contributed by atoms with van der Waals surface area (Å²) < 4.78 is 1.62. The normalized spacial score (nSPS) is 17.1. The number of anilines is 2. The first kappa shape index (κ1) is 21.0. The molecule has 1 aliphatic carbocycles. The van der Waals surface area contributed by atoms with Gasteiger partial charge >= 0.3 is 5.97 Å². The highest BCUT2D eigenvalue weighted by atomic mass is 35.5. The minimum Gasteiger partial charge on any atom is -0.478 e. The molecular weight excluding hydrogens is 444 g/mol. The highest BCUT2D eigenvalue weighted by Crippen LogP contribution is 2.41. The van der Waals surface area contributed by atoms with Crippen LogP contribution in [0, 0.1) is 0 Å². The third-order valence-electron chi connectivity index (χ3n) is 5.86. The van der Waals surface area contributed by atoms with Crippen molar-refractivity contribution in [1.82, 2.24) is 9.78 Å². The maximum absolute atomic E-state index is 13.0. The van der Waals surface area contributed by atoms with E-state index in [1.54, 1.807) is 41.1 Å². The van der Waals surface area contributed by atoms with Gasteiger partial charge in [-0.2, -0.15) is 5.10 Å². The van der Waals surface area contributed by atoms with Gasteiger partial charge in [0.15, 0.2) is 5.78 Å². The van der Waals surface area contributed by atoms with E-state index >= 15 is 0 Å². The number of carbonyl (C=O) groups excluding carboxylic acids is 2. The third-order valence-corrected chi connectivity index (χ3v) is 6.11. The van der Waals surface area contributed by atoms with Gasteiger partial charge in [-0.3, -0.25) is 9.59 Å². The maximum atomic E-state index is 13.0. The van der Waals surface area contributed by atoms with Crippen LogP contribution in [0.3, 0.4) is 0 Å². The molecule has 8 nitrogen and oxygen atoms in total. The number of carboxylic acids is 1. The molecule has 166 valence electrons. The molecule has 1 atom stereocenters. The molecule has 0 fully saturated rings. The number of nitrogens with zero attached hydrogens (tertiary/aromatic N) is 2. The van der Waals surface area contributed by atoms with Crippen molar-refractivity contribution < 1.29 is 19.5 Å². The van der Waals surface area contributed by atoms with Crippen LogP contribution in [0.1, 0.15) is 51.6 Å². The number of nitrogens with one attached hydrogen (secondary N) is 2. The van der Waals surface area contributed by atoms with Crippen molar-refractivity contribution in [2.24, 2.45) is 0 Å². The summed E-state index contributed by atoms with van der Waals surface area (Å²) in [7, 11) is 0. The average molecular weight is 463 g/mol. The van der Waals surface area contributed by atoms with Gasteiger partial charge in [0, 0.05) is 28.4 Å².